The highest BCUT2D eigenvalue weighted by Crippen LogP contribution is 2.39. The van der Waals surface area contributed by atoms with E-state index in [1.807, 2.05) is 6.07 Å². The minimum Gasteiger partial charge on any atom is -0.300 e. The molecule has 0 heterocycles. The van der Waals surface area contributed by atoms with Gasteiger partial charge in [-0.15, -0.1) is 0 Å². The predicted molar refractivity (Wildman–Crippen MR) is 159 cm³/mol. The van der Waals surface area contributed by atoms with Crippen LogP contribution in [0.1, 0.15) is 124 Å². The standard InChI is InChI=1S/C27H40O3.C8H10/c1-8-10-21(22(9-2)25(29)12-18(6)28)13-20-14-24-23(16(3)4)11-17(5)19(7)27(24)26(30)15-20;1-2-8-6-4-3-5-7-8/h11,16,20-22H,8-10,12-15H2,1-7H3;3-7H,2H2,1H3. The Hall–Kier alpha value is -2.55. The zero-order valence-corrected chi connectivity index (χ0v) is 25.2. The summed E-state index contributed by atoms with van der Waals surface area (Å²) in [6.07, 6.45) is 6.34. The SMILES string of the molecule is CCCC(CC1CC(=O)c2c(C)c(C)cc(C(C)C)c2C1)C(CC)C(=O)CC(C)=O.CCc1ccccc1. The number of carbonyl (C=O) groups is 3. The molecule has 208 valence electrons. The predicted octanol–water partition coefficient (Wildman–Crippen LogP) is 8.80. The van der Waals surface area contributed by atoms with Gasteiger partial charge >= 0.3 is 0 Å². The number of aryl methyl sites for hydroxylation is 2. The number of hydrogen-bond acceptors (Lipinski definition) is 3. The van der Waals surface area contributed by atoms with Crippen molar-refractivity contribution >= 4 is 17.3 Å². The Labute approximate surface area is 231 Å². The van der Waals surface area contributed by atoms with Gasteiger partial charge in [0.2, 0.25) is 0 Å². The second-order valence-corrected chi connectivity index (χ2v) is 11.6. The van der Waals surface area contributed by atoms with E-state index >= 15 is 0 Å². The molecule has 0 aliphatic heterocycles. The van der Waals surface area contributed by atoms with Crippen LogP contribution in [-0.2, 0) is 22.4 Å². The van der Waals surface area contributed by atoms with Gasteiger partial charge in [-0.2, -0.15) is 0 Å². The minimum absolute atomic E-state index is 0.0428. The summed E-state index contributed by atoms with van der Waals surface area (Å²) in [6.45, 7) is 16.4. The third-order valence-corrected chi connectivity index (χ3v) is 8.25. The summed E-state index contributed by atoms with van der Waals surface area (Å²) in [4.78, 5) is 37.5. The van der Waals surface area contributed by atoms with Gasteiger partial charge < -0.3 is 0 Å². The Balaban J connectivity index is 0.000000538. The first-order valence-corrected chi connectivity index (χ1v) is 14.8. The molecule has 3 nitrogen and oxygen atoms in total. The smallest absolute Gasteiger partial charge is 0.163 e. The van der Waals surface area contributed by atoms with E-state index in [1.54, 1.807) is 0 Å². The Morgan fingerprint density at radius 1 is 1.00 bits per heavy atom. The molecule has 0 bridgehead atoms. The van der Waals surface area contributed by atoms with Crippen LogP contribution in [-0.4, -0.2) is 17.3 Å². The molecule has 1 aliphatic rings. The van der Waals surface area contributed by atoms with Crippen molar-refractivity contribution in [2.75, 3.05) is 0 Å². The van der Waals surface area contributed by atoms with Crippen molar-refractivity contribution in [2.45, 2.75) is 113 Å². The fourth-order valence-corrected chi connectivity index (χ4v) is 6.20. The topological polar surface area (TPSA) is 51.2 Å². The first kappa shape index (κ1) is 31.7. The van der Waals surface area contributed by atoms with Gasteiger partial charge in [0.05, 0.1) is 6.42 Å². The molecule has 2 aromatic carbocycles. The number of benzene rings is 2. The highest BCUT2D eigenvalue weighted by molar-refractivity contribution is 6.01. The quantitative estimate of drug-likeness (QED) is 0.279. The lowest BCUT2D eigenvalue weighted by molar-refractivity contribution is -0.129. The van der Waals surface area contributed by atoms with Crippen LogP contribution in [0.15, 0.2) is 36.4 Å². The average molecular weight is 519 g/mol. The maximum absolute atomic E-state index is 13.2. The molecule has 0 amide bonds. The van der Waals surface area contributed by atoms with Gasteiger partial charge in [-0.1, -0.05) is 83.9 Å². The highest BCUT2D eigenvalue weighted by Gasteiger charge is 2.34. The maximum Gasteiger partial charge on any atom is 0.163 e. The third kappa shape index (κ3) is 8.48. The van der Waals surface area contributed by atoms with E-state index in [0.717, 1.165) is 49.7 Å². The molecule has 2 aromatic rings. The number of fused-ring (bicyclic) bond motifs is 1. The molecule has 0 saturated carbocycles. The molecule has 0 fully saturated rings. The van der Waals surface area contributed by atoms with E-state index in [-0.39, 0.29) is 41.5 Å². The largest absolute Gasteiger partial charge is 0.300 e. The highest BCUT2D eigenvalue weighted by atomic mass is 16.1. The molecule has 3 rings (SSSR count). The lowest BCUT2D eigenvalue weighted by Crippen LogP contribution is -2.30. The van der Waals surface area contributed by atoms with Crippen LogP contribution in [0.3, 0.4) is 0 Å². The Kier molecular flexibility index (Phi) is 12.6. The molecule has 3 atom stereocenters. The summed E-state index contributed by atoms with van der Waals surface area (Å²) in [5.74, 6) is 1.14. The minimum atomic E-state index is -0.0744. The van der Waals surface area contributed by atoms with Crippen molar-refractivity contribution in [3.63, 3.8) is 0 Å². The first-order valence-electron chi connectivity index (χ1n) is 14.8. The Bertz CT molecular complexity index is 1080. The molecule has 0 spiro atoms. The van der Waals surface area contributed by atoms with Gasteiger partial charge in [0.1, 0.15) is 11.6 Å². The maximum atomic E-state index is 13.2. The average Bonchev–Trinajstić information content (AvgIpc) is 2.86. The van der Waals surface area contributed by atoms with Crippen molar-refractivity contribution in [1.82, 2.24) is 0 Å². The first-order chi connectivity index (χ1) is 18.0. The van der Waals surface area contributed by atoms with Crippen LogP contribution in [0.2, 0.25) is 0 Å². The number of ketones is 3. The normalized spacial score (nSPS) is 16.3. The fraction of sp³-hybridized carbons (Fsp3) is 0.571. The van der Waals surface area contributed by atoms with Gasteiger partial charge in [0, 0.05) is 17.9 Å². The summed E-state index contributed by atoms with van der Waals surface area (Å²) in [5.41, 5.74) is 7.25. The third-order valence-electron chi connectivity index (χ3n) is 8.25. The van der Waals surface area contributed by atoms with E-state index in [9.17, 15) is 14.4 Å². The van der Waals surface area contributed by atoms with E-state index in [2.05, 4.69) is 78.8 Å². The van der Waals surface area contributed by atoms with E-state index in [4.69, 9.17) is 0 Å². The molecule has 3 unspecified atom stereocenters. The van der Waals surface area contributed by atoms with Crippen molar-refractivity contribution in [2.24, 2.45) is 17.8 Å². The van der Waals surface area contributed by atoms with Gasteiger partial charge in [-0.25, -0.2) is 0 Å². The van der Waals surface area contributed by atoms with Gasteiger partial charge in [0.25, 0.3) is 0 Å². The van der Waals surface area contributed by atoms with Crippen LogP contribution in [0.4, 0.5) is 0 Å². The molecule has 1 aliphatic carbocycles. The van der Waals surface area contributed by atoms with Crippen LogP contribution in [0, 0.1) is 31.6 Å². The van der Waals surface area contributed by atoms with E-state index in [1.165, 1.54) is 29.2 Å². The fourth-order valence-electron chi connectivity index (χ4n) is 6.20. The van der Waals surface area contributed by atoms with Crippen LogP contribution < -0.4 is 0 Å². The molecule has 0 aromatic heterocycles. The molecule has 3 heteroatoms. The molecule has 0 radical (unpaired) electrons. The lowest BCUT2D eigenvalue weighted by atomic mass is 9.70. The number of rotatable bonds is 11. The van der Waals surface area contributed by atoms with Crippen molar-refractivity contribution < 1.29 is 14.4 Å². The van der Waals surface area contributed by atoms with Crippen LogP contribution >= 0.6 is 0 Å². The number of Topliss-reactive ketones (excluding diaryl/α,β-unsaturated/α-hetero) is 3. The second kappa shape index (κ2) is 15.1. The summed E-state index contributed by atoms with van der Waals surface area (Å²) in [7, 11) is 0. The van der Waals surface area contributed by atoms with E-state index < -0.39 is 0 Å². The Morgan fingerprint density at radius 2 is 1.66 bits per heavy atom. The molecule has 0 saturated heterocycles. The summed E-state index contributed by atoms with van der Waals surface area (Å²) >= 11 is 0. The summed E-state index contributed by atoms with van der Waals surface area (Å²) < 4.78 is 0. The van der Waals surface area contributed by atoms with Crippen LogP contribution in [0.25, 0.3) is 0 Å². The number of hydrogen-bond donors (Lipinski definition) is 0. The summed E-state index contributed by atoms with van der Waals surface area (Å²) in [5, 5.41) is 0. The zero-order chi connectivity index (χ0) is 28.4. The van der Waals surface area contributed by atoms with E-state index in [0.29, 0.717) is 12.3 Å². The second-order valence-electron chi connectivity index (χ2n) is 11.6. The molecular weight excluding hydrogens is 468 g/mol. The molecule has 0 N–H and O–H groups in total. The van der Waals surface area contributed by atoms with Crippen molar-refractivity contribution in [3.8, 4) is 0 Å². The van der Waals surface area contributed by atoms with Crippen molar-refractivity contribution in [1.29, 1.82) is 0 Å². The zero-order valence-electron chi connectivity index (χ0n) is 25.2. The van der Waals surface area contributed by atoms with Crippen molar-refractivity contribution in [3.05, 3.63) is 69.8 Å². The monoisotopic (exact) mass is 518 g/mol. The summed E-state index contributed by atoms with van der Waals surface area (Å²) in [6, 6.07) is 12.7. The Morgan fingerprint density at radius 3 is 2.16 bits per heavy atom. The van der Waals surface area contributed by atoms with Gasteiger partial charge in [-0.3, -0.25) is 14.4 Å². The lowest BCUT2D eigenvalue weighted by Gasteiger charge is -2.33. The number of carbonyl (C=O) groups excluding carboxylic acids is 3. The van der Waals surface area contributed by atoms with Crippen LogP contribution in [0.5, 0.6) is 0 Å². The van der Waals surface area contributed by atoms with Gasteiger partial charge in [0.15, 0.2) is 5.78 Å². The molecule has 38 heavy (non-hydrogen) atoms. The van der Waals surface area contributed by atoms with Gasteiger partial charge in [-0.05, 0) is 92.0 Å². The molecular formula is C35H50O3.